The minimum absolute atomic E-state index is 0.157. The number of amides is 1. The maximum Gasteiger partial charge on any atom is 0.234 e. The zero-order valence-corrected chi connectivity index (χ0v) is 18.0. The number of ether oxygens (including phenoxy) is 2. The predicted molar refractivity (Wildman–Crippen MR) is 121 cm³/mol. The highest BCUT2D eigenvalue weighted by molar-refractivity contribution is 7.99. The number of aromatic nitrogens is 4. The summed E-state index contributed by atoms with van der Waals surface area (Å²) in [5, 5.41) is 12.2. The number of nitrogens with zero attached hydrogens (tertiary/aromatic N) is 4. The molecule has 0 fully saturated rings. The lowest BCUT2D eigenvalue weighted by molar-refractivity contribution is -0.113. The minimum Gasteiger partial charge on any atom is -0.454 e. The second kappa shape index (κ2) is 8.72. The minimum atomic E-state index is -0.157. The summed E-state index contributed by atoms with van der Waals surface area (Å²) in [7, 11) is 0. The van der Waals surface area contributed by atoms with Crippen LogP contribution in [0.4, 0.5) is 5.69 Å². The van der Waals surface area contributed by atoms with Gasteiger partial charge in [-0.3, -0.25) is 14.3 Å². The lowest BCUT2D eigenvalue weighted by Crippen LogP contribution is -2.14. The molecule has 2 aromatic carbocycles. The van der Waals surface area contributed by atoms with Crippen LogP contribution < -0.4 is 14.8 Å². The van der Waals surface area contributed by atoms with Crippen molar-refractivity contribution < 1.29 is 14.3 Å². The van der Waals surface area contributed by atoms with E-state index in [4.69, 9.17) is 9.47 Å². The monoisotopic (exact) mass is 445 g/mol. The summed E-state index contributed by atoms with van der Waals surface area (Å²) < 4.78 is 12.6. The van der Waals surface area contributed by atoms with E-state index in [0.29, 0.717) is 28.2 Å². The lowest BCUT2D eigenvalue weighted by atomic mass is 10.2. The molecule has 0 saturated carbocycles. The van der Waals surface area contributed by atoms with Crippen molar-refractivity contribution >= 4 is 23.4 Å². The third kappa shape index (κ3) is 4.15. The molecule has 0 bridgehead atoms. The number of rotatable bonds is 6. The van der Waals surface area contributed by atoms with Gasteiger partial charge in [-0.15, -0.1) is 10.2 Å². The molecule has 4 aromatic rings. The first-order valence-electron chi connectivity index (χ1n) is 9.92. The molecule has 1 N–H and O–H groups in total. The van der Waals surface area contributed by atoms with Crippen molar-refractivity contribution in [3.63, 3.8) is 0 Å². The smallest absolute Gasteiger partial charge is 0.234 e. The fraction of sp³-hybridized carbons (Fsp3) is 0.130. The number of aryl methyl sites for hydroxylation is 1. The molecule has 0 radical (unpaired) electrons. The van der Waals surface area contributed by atoms with Crippen LogP contribution in [-0.4, -0.2) is 38.2 Å². The quantitative estimate of drug-likeness (QED) is 0.447. The Labute approximate surface area is 188 Å². The number of hydrogen-bond donors (Lipinski definition) is 1. The summed E-state index contributed by atoms with van der Waals surface area (Å²) >= 11 is 1.32. The fourth-order valence-corrected chi connectivity index (χ4v) is 4.03. The van der Waals surface area contributed by atoms with Crippen LogP contribution in [-0.2, 0) is 4.79 Å². The molecule has 160 valence electrons. The Morgan fingerprint density at radius 3 is 2.75 bits per heavy atom. The number of carbonyl (C=O) groups excluding carboxylic acids is 1. The van der Waals surface area contributed by atoms with E-state index >= 15 is 0 Å². The average Bonchev–Trinajstić information content (AvgIpc) is 3.45. The van der Waals surface area contributed by atoms with Crippen molar-refractivity contribution in [1.82, 2.24) is 19.7 Å². The van der Waals surface area contributed by atoms with Crippen molar-refractivity contribution in [3.05, 3.63) is 72.6 Å². The molecule has 0 aliphatic carbocycles. The topological polar surface area (TPSA) is 91.2 Å². The first-order chi connectivity index (χ1) is 15.7. The molecule has 8 nitrogen and oxygen atoms in total. The molecule has 0 spiro atoms. The van der Waals surface area contributed by atoms with Crippen LogP contribution in [0.25, 0.3) is 17.1 Å². The first-order valence-corrected chi connectivity index (χ1v) is 10.9. The molecule has 1 aliphatic heterocycles. The van der Waals surface area contributed by atoms with Gasteiger partial charge in [0.05, 0.1) is 5.75 Å². The third-order valence-electron chi connectivity index (χ3n) is 4.83. The zero-order valence-electron chi connectivity index (χ0n) is 17.2. The number of carbonyl (C=O) groups is 1. The van der Waals surface area contributed by atoms with E-state index < -0.39 is 0 Å². The van der Waals surface area contributed by atoms with Crippen molar-refractivity contribution in [3.8, 4) is 28.6 Å². The Morgan fingerprint density at radius 2 is 1.94 bits per heavy atom. The molecule has 9 heteroatoms. The van der Waals surface area contributed by atoms with Crippen LogP contribution in [0.2, 0.25) is 0 Å². The van der Waals surface area contributed by atoms with Gasteiger partial charge in [0.25, 0.3) is 0 Å². The van der Waals surface area contributed by atoms with Gasteiger partial charge in [0.1, 0.15) is 0 Å². The molecule has 2 aromatic heterocycles. The van der Waals surface area contributed by atoms with E-state index in [1.165, 1.54) is 11.8 Å². The first kappa shape index (κ1) is 20.1. The number of thioether (sulfide) groups is 1. The molecule has 0 atom stereocenters. The maximum atomic E-state index is 12.6. The number of anilines is 1. The summed E-state index contributed by atoms with van der Waals surface area (Å²) in [5.74, 6) is 1.98. The van der Waals surface area contributed by atoms with Crippen molar-refractivity contribution in [2.75, 3.05) is 17.9 Å². The van der Waals surface area contributed by atoms with Gasteiger partial charge in [0.15, 0.2) is 22.5 Å². The second-order valence-corrected chi connectivity index (χ2v) is 8.07. The van der Waals surface area contributed by atoms with Crippen LogP contribution in [0.5, 0.6) is 11.5 Å². The number of benzene rings is 2. The van der Waals surface area contributed by atoms with Gasteiger partial charge in [-0.25, -0.2) is 0 Å². The van der Waals surface area contributed by atoms with Crippen molar-refractivity contribution in [2.24, 2.45) is 0 Å². The number of hydrogen-bond acceptors (Lipinski definition) is 7. The van der Waals surface area contributed by atoms with Crippen LogP contribution in [0.15, 0.2) is 72.1 Å². The molecule has 5 rings (SSSR count). The Kier molecular flexibility index (Phi) is 5.47. The van der Waals surface area contributed by atoms with Crippen LogP contribution >= 0.6 is 11.8 Å². The molecule has 3 heterocycles. The summed E-state index contributed by atoms with van der Waals surface area (Å²) in [6, 6.07) is 17.2. The Bertz CT molecular complexity index is 1260. The highest BCUT2D eigenvalue weighted by Crippen LogP contribution is 2.34. The van der Waals surface area contributed by atoms with E-state index in [0.717, 1.165) is 16.8 Å². The molecule has 32 heavy (non-hydrogen) atoms. The van der Waals surface area contributed by atoms with E-state index in [1.54, 1.807) is 30.6 Å². The van der Waals surface area contributed by atoms with Gasteiger partial charge in [-0.2, -0.15) is 0 Å². The van der Waals surface area contributed by atoms with Gasteiger partial charge >= 0.3 is 0 Å². The van der Waals surface area contributed by atoms with Crippen LogP contribution in [0.1, 0.15) is 5.56 Å². The van der Waals surface area contributed by atoms with Crippen LogP contribution in [0.3, 0.4) is 0 Å². The molecular weight excluding hydrogens is 426 g/mol. The fourth-order valence-electron chi connectivity index (χ4n) is 3.27. The summed E-state index contributed by atoms with van der Waals surface area (Å²) in [6.45, 7) is 2.23. The zero-order chi connectivity index (χ0) is 21.9. The number of fused-ring (bicyclic) bond motifs is 1. The Morgan fingerprint density at radius 1 is 1.09 bits per heavy atom. The van der Waals surface area contributed by atoms with Gasteiger partial charge in [0, 0.05) is 35.4 Å². The summed E-state index contributed by atoms with van der Waals surface area (Å²) in [6.07, 6.45) is 3.46. The Hall–Kier alpha value is -3.85. The van der Waals surface area contributed by atoms with Gasteiger partial charge in [-0.1, -0.05) is 29.5 Å². The van der Waals surface area contributed by atoms with Gasteiger partial charge in [-0.05, 0) is 43.3 Å². The number of pyridine rings is 1. The highest BCUT2D eigenvalue weighted by Gasteiger charge is 2.18. The van der Waals surface area contributed by atoms with Gasteiger partial charge in [0.2, 0.25) is 12.7 Å². The maximum absolute atomic E-state index is 12.6. The van der Waals surface area contributed by atoms with Crippen molar-refractivity contribution in [2.45, 2.75) is 12.1 Å². The molecular formula is C23H19N5O3S. The predicted octanol–water partition coefficient (Wildman–Crippen LogP) is 4.10. The van der Waals surface area contributed by atoms with E-state index in [1.807, 2.05) is 47.9 Å². The van der Waals surface area contributed by atoms with Crippen molar-refractivity contribution in [1.29, 1.82) is 0 Å². The standard InChI is InChI=1S/C23H19N5O3S/c1-15-4-7-18(8-5-15)28-22(16-3-2-10-24-12-16)26-27-23(28)32-13-21(29)25-17-6-9-19-20(11-17)31-14-30-19/h2-12H,13-14H2,1H3,(H,25,29). The van der Waals surface area contributed by atoms with Crippen LogP contribution in [0, 0.1) is 6.92 Å². The average molecular weight is 446 g/mol. The van der Waals surface area contributed by atoms with E-state index in [2.05, 4.69) is 20.5 Å². The van der Waals surface area contributed by atoms with Gasteiger partial charge < -0.3 is 14.8 Å². The lowest BCUT2D eigenvalue weighted by Gasteiger charge is -2.11. The Balaban J connectivity index is 1.37. The molecule has 0 saturated heterocycles. The molecule has 1 amide bonds. The molecule has 0 unspecified atom stereocenters. The second-order valence-electron chi connectivity index (χ2n) is 7.12. The highest BCUT2D eigenvalue weighted by atomic mass is 32.2. The SMILES string of the molecule is Cc1ccc(-n2c(SCC(=O)Nc3ccc4c(c3)OCO4)nnc2-c2cccnc2)cc1. The summed E-state index contributed by atoms with van der Waals surface area (Å²) in [4.78, 5) is 16.8. The van der Waals surface area contributed by atoms with E-state index in [-0.39, 0.29) is 18.5 Å². The third-order valence-corrected chi connectivity index (χ3v) is 5.76. The largest absolute Gasteiger partial charge is 0.454 e. The summed E-state index contributed by atoms with van der Waals surface area (Å²) in [5.41, 5.74) is 3.56. The normalized spacial score (nSPS) is 12.0. The van der Waals surface area contributed by atoms with E-state index in [9.17, 15) is 4.79 Å². The molecule has 1 aliphatic rings. The number of nitrogens with one attached hydrogen (secondary N) is 1.